The van der Waals surface area contributed by atoms with Crippen molar-refractivity contribution in [3.63, 3.8) is 0 Å². The third-order valence-electron chi connectivity index (χ3n) is 3.10. The molecule has 2 N–H and O–H groups in total. The first kappa shape index (κ1) is 11.1. The van der Waals surface area contributed by atoms with Crippen molar-refractivity contribution in [1.29, 1.82) is 0 Å². The van der Waals surface area contributed by atoms with Crippen molar-refractivity contribution < 1.29 is 4.79 Å². The number of aromatic nitrogens is 1. The fourth-order valence-corrected chi connectivity index (χ4v) is 1.72. The van der Waals surface area contributed by atoms with Gasteiger partial charge in [0.05, 0.1) is 0 Å². The number of carbonyl (C=O) groups excluding carboxylic acids is 1. The Morgan fingerprint density at radius 2 is 2.38 bits per heavy atom. The third-order valence-corrected chi connectivity index (χ3v) is 3.10. The van der Waals surface area contributed by atoms with E-state index in [1.807, 2.05) is 26.0 Å². The normalized spacial score (nSPS) is 17.6. The second kappa shape index (κ2) is 4.61. The van der Waals surface area contributed by atoms with Gasteiger partial charge < -0.3 is 10.6 Å². The SMILES string of the molecule is Cc1ccnc(NC(=O)C(C)C2CNC2)c1. The van der Waals surface area contributed by atoms with Crippen LogP contribution < -0.4 is 10.6 Å². The van der Waals surface area contributed by atoms with Crippen LogP contribution in [0.25, 0.3) is 0 Å². The van der Waals surface area contributed by atoms with E-state index in [4.69, 9.17) is 0 Å². The molecule has 1 aliphatic rings. The highest BCUT2D eigenvalue weighted by atomic mass is 16.1. The van der Waals surface area contributed by atoms with E-state index in [1.54, 1.807) is 6.20 Å². The van der Waals surface area contributed by atoms with E-state index in [0.717, 1.165) is 18.7 Å². The molecule has 1 saturated heterocycles. The third kappa shape index (κ3) is 2.39. The molecule has 0 spiro atoms. The van der Waals surface area contributed by atoms with Crippen molar-refractivity contribution in [2.75, 3.05) is 18.4 Å². The summed E-state index contributed by atoms with van der Waals surface area (Å²) in [5.41, 5.74) is 1.10. The zero-order valence-corrected chi connectivity index (χ0v) is 9.66. The van der Waals surface area contributed by atoms with E-state index in [1.165, 1.54) is 0 Å². The predicted octanol–water partition coefficient (Wildman–Crippen LogP) is 1.18. The molecule has 1 atom stereocenters. The van der Waals surface area contributed by atoms with Gasteiger partial charge in [0.25, 0.3) is 0 Å². The molecule has 2 heterocycles. The monoisotopic (exact) mass is 219 g/mol. The lowest BCUT2D eigenvalue weighted by molar-refractivity contribution is -0.121. The molecule has 1 amide bonds. The van der Waals surface area contributed by atoms with Crippen LogP contribution in [0.2, 0.25) is 0 Å². The van der Waals surface area contributed by atoms with Gasteiger partial charge >= 0.3 is 0 Å². The first-order valence-electron chi connectivity index (χ1n) is 5.61. The zero-order chi connectivity index (χ0) is 11.5. The minimum absolute atomic E-state index is 0.0450. The summed E-state index contributed by atoms with van der Waals surface area (Å²) in [7, 11) is 0. The Kier molecular flexibility index (Phi) is 3.19. The number of anilines is 1. The van der Waals surface area contributed by atoms with Crippen molar-refractivity contribution >= 4 is 11.7 Å². The van der Waals surface area contributed by atoms with Crippen LogP contribution in [0.4, 0.5) is 5.82 Å². The quantitative estimate of drug-likeness (QED) is 0.802. The summed E-state index contributed by atoms with van der Waals surface area (Å²) >= 11 is 0. The molecule has 86 valence electrons. The van der Waals surface area contributed by atoms with Gasteiger partial charge in [-0.25, -0.2) is 4.98 Å². The van der Waals surface area contributed by atoms with E-state index in [9.17, 15) is 4.79 Å². The fourth-order valence-electron chi connectivity index (χ4n) is 1.72. The van der Waals surface area contributed by atoms with Gasteiger partial charge in [-0.2, -0.15) is 0 Å². The molecule has 4 heteroatoms. The Balaban J connectivity index is 1.96. The Labute approximate surface area is 95.5 Å². The highest BCUT2D eigenvalue weighted by molar-refractivity contribution is 5.91. The molecule has 1 aliphatic heterocycles. The van der Waals surface area contributed by atoms with Crippen LogP contribution >= 0.6 is 0 Å². The number of rotatable bonds is 3. The topological polar surface area (TPSA) is 54.0 Å². The molecule has 0 saturated carbocycles. The fraction of sp³-hybridized carbons (Fsp3) is 0.500. The maximum Gasteiger partial charge on any atom is 0.228 e. The van der Waals surface area contributed by atoms with Gasteiger partial charge in [-0.15, -0.1) is 0 Å². The van der Waals surface area contributed by atoms with E-state index >= 15 is 0 Å². The average molecular weight is 219 g/mol. The van der Waals surface area contributed by atoms with Gasteiger partial charge in [0.1, 0.15) is 5.82 Å². The number of amides is 1. The molecule has 2 rings (SSSR count). The molecular weight excluding hydrogens is 202 g/mol. The Bertz CT molecular complexity index is 388. The van der Waals surface area contributed by atoms with Gasteiger partial charge in [-0.1, -0.05) is 6.92 Å². The zero-order valence-electron chi connectivity index (χ0n) is 9.66. The maximum absolute atomic E-state index is 11.9. The molecule has 16 heavy (non-hydrogen) atoms. The summed E-state index contributed by atoms with van der Waals surface area (Å²) in [6.45, 7) is 5.83. The van der Waals surface area contributed by atoms with Crippen molar-refractivity contribution in [3.8, 4) is 0 Å². The highest BCUT2D eigenvalue weighted by Crippen LogP contribution is 2.17. The summed E-state index contributed by atoms with van der Waals surface area (Å²) in [4.78, 5) is 16.0. The number of nitrogens with one attached hydrogen (secondary N) is 2. The average Bonchev–Trinajstić information content (AvgIpc) is 2.14. The molecule has 0 radical (unpaired) electrons. The number of aryl methyl sites for hydroxylation is 1. The Morgan fingerprint density at radius 1 is 1.62 bits per heavy atom. The number of pyridine rings is 1. The molecule has 0 aliphatic carbocycles. The lowest BCUT2D eigenvalue weighted by Crippen LogP contribution is -2.48. The second-order valence-electron chi connectivity index (χ2n) is 4.41. The van der Waals surface area contributed by atoms with E-state index in [2.05, 4.69) is 15.6 Å². The molecule has 1 fully saturated rings. The molecule has 4 nitrogen and oxygen atoms in total. The highest BCUT2D eigenvalue weighted by Gasteiger charge is 2.28. The smallest absolute Gasteiger partial charge is 0.228 e. The minimum atomic E-state index is 0.0450. The van der Waals surface area contributed by atoms with Gasteiger partial charge in [0.2, 0.25) is 5.91 Å². The van der Waals surface area contributed by atoms with E-state index in [0.29, 0.717) is 11.7 Å². The van der Waals surface area contributed by atoms with Gasteiger partial charge in [-0.3, -0.25) is 4.79 Å². The number of nitrogens with zero attached hydrogens (tertiary/aromatic N) is 1. The van der Waals surface area contributed by atoms with Crippen molar-refractivity contribution in [2.45, 2.75) is 13.8 Å². The largest absolute Gasteiger partial charge is 0.316 e. The van der Waals surface area contributed by atoms with Gasteiger partial charge in [0, 0.05) is 12.1 Å². The van der Waals surface area contributed by atoms with Crippen molar-refractivity contribution in [1.82, 2.24) is 10.3 Å². The van der Waals surface area contributed by atoms with E-state index < -0.39 is 0 Å². The molecular formula is C12H17N3O. The summed E-state index contributed by atoms with van der Waals surface area (Å²) < 4.78 is 0. The van der Waals surface area contributed by atoms with Gasteiger partial charge in [0.15, 0.2) is 0 Å². The Hall–Kier alpha value is -1.42. The molecule has 0 bridgehead atoms. The van der Waals surface area contributed by atoms with Crippen molar-refractivity contribution in [2.24, 2.45) is 11.8 Å². The van der Waals surface area contributed by atoms with Crippen LogP contribution in [0.3, 0.4) is 0 Å². The van der Waals surface area contributed by atoms with Crippen LogP contribution in [-0.2, 0) is 4.79 Å². The van der Waals surface area contributed by atoms with Crippen LogP contribution in [-0.4, -0.2) is 24.0 Å². The number of hydrogen-bond donors (Lipinski definition) is 2. The lowest BCUT2D eigenvalue weighted by atomic mass is 9.88. The number of hydrogen-bond acceptors (Lipinski definition) is 3. The summed E-state index contributed by atoms with van der Waals surface area (Å²) in [5, 5.41) is 6.03. The molecule has 1 aromatic heterocycles. The van der Waals surface area contributed by atoms with Gasteiger partial charge in [-0.05, 0) is 43.6 Å². The second-order valence-corrected chi connectivity index (χ2v) is 4.41. The minimum Gasteiger partial charge on any atom is -0.316 e. The maximum atomic E-state index is 11.9. The van der Waals surface area contributed by atoms with Crippen LogP contribution in [0.1, 0.15) is 12.5 Å². The van der Waals surface area contributed by atoms with Crippen LogP contribution in [0, 0.1) is 18.8 Å². The Morgan fingerprint density at radius 3 is 2.94 bits per heavy atom. The standard InChI is InChI=1S/C12H17N3O/c1-8-3-4-14-11(5-8)15-12(16)9(2)10-6-13-7-10/h3-5,9-10,13H,6-7H2,1-2H3,(H,14,15,16). The van der Waals surface area contributed by atoms with Crippen LogP contribution in [0.5, 0.6) is 0 Å². The van der Waals surface area contributed by atoms with E-state index in [-0.39, 0.29) is 11.8 Å². The summed E-state index contributed by atoms with van der Waals surface area (Å²) in [5.74, 6) is 1.21. The molecule has 1 aromatic rings. The summed E-state index contributed by atoms with van der Waals surface area (Å²) in [6, 6.07) is 3.79. The summed E-state index contributed by atoms with van der Waals surface area (Å²) in [6.07, 6.45) is 1.71. The van der Waals surface area contributed by atoms with Crippen LogP contribution in [0.15, 0.2) is 18.3 Å². The number of carbonyl (C=O) groups is 1. The molecule has 1 unspecified atom stereocenters. The first-order valence-corrected chi connectivity index (χ1v) is 5.61. The lowest BCUT2D eigenvalue weighted by Gasteiger charge is -2.31. The van der Waals surface area contributed by atoms with Crippen molar-refractivity contribution in [3.05, 3.63) is 23.9 Å². The first-order chi connectivity index (χ1) is 7.66. The molecule has 0 aromatic carbocycles. The predicted molar refractivity (Wildman–Crippen MR) is 63.1 cm³/mol.